The van der Waals surface area contributed by atoms with Crippen LogP contribution in [0.1, 0.15) is 63.7 Å². The van der Waals surface area contributed by atoms with Crippen LogP contribution in [0.25, 0.3) is 10.7 Å². The summed E-state index contributed by atoms with van der Waals surface area (Å²) in [5.74, 6) is 4.22. The fourth-order valence-electron chi connectivity index (χ4n) is 6.22. The van der Waals surface area contributed by atoms with E-state index in [1.807, 2.05) is 17.5 Å². The lowest BCUT2D eigenvalue weighted by molar-refractivity contribution is -0.146. The summed E-state index contributed by atoms with van der Waals surface area (Å²) < 4.78 is 5.35. The SMILES string of the molecule is O=C(NCCCCCc1nc(-c2cccs2)no1)C12CC3CC(CC(C3)C1)C2. The van der Waals surface area contributed by atoms with E-state index in [1.165, 1.54) is 19.3 Å². The number of nitrogens with one attached hydrogen (secondary N) is 1. The second-order valence-electron chi connectivity index (χ2n) is 9.25. The normalized spacial score (nSPS) is 30.6. The van der Waals surface area contributed by atoms with Gasteiger partial charge in [-0.1, -0.05) is 17.6 Å². The molecule has 150 valence electrons. The molecule has 1 N–H and O–H groups in total. The smallest absolute Gasteiger partial charge is 0.226 e. The number of amides is 1. The van der Waals surface area contributed by atoms with E-state index >= 15 is 0 Å². The van der Waals surface area contributed by atoms with Gasteiger partial charge in [-0.25, -0.2) is 0 Å². The molecule has 6 rings (SSSR count). The molecule has 0 radical (unpaired) electrons. The second kappa shape index (κ2) is 7.62. The van der Waals surface area contributed by atoms with E-state index in [1.54, 1.807) is 11.3 Å². The summed E-state index contributed by atoms with van der Waals surface area (Å²) in [5.41, 5.74) is -0.0172. The molecule has 0 spiro atoms. The molecule has 2 aromatic rings. The summed E-state index contributed by atoms with van der Waals surface area (Å²) >= 11 is 1.62. The van der Waals surface area contributed by atoms with E-state index in [9.17, 15) is 4.79 Å². The molecule has 6 heteroatoms. The van der Waals surface area contributed by atoms with Crippen molar-refractivity contribution in [2.24, 2.45) is 23.2 Å². The first-order valence-electron chi connectivity index (χ1n) is 10.8. The number of hydrogen-bond donors (Lipinski definition) is 1. The number of carbonyl (C=O) groups is 1. The van der Waals surface area contributed by atoms with Crippen molar-refractivity contribution in [1.29, 1.82) is 0 Å². The minimum absolute atomic E-state index is 0.0172. The van der Waals surface area contributed by atoms with Gasteiger partial charge in [0.05, 0.1) is 4.88 Å². The summed E-state index contributed by atoms with van der Waals surface area (Å²) in [6, 6.07) is 4.00. The highest BCUT2D eigenvalue weighted by atomic mass is 32.1. The number of carbonyl (C=O) groups excluding carboxylic acids is 1. The molecule has 0 saturated heterocycles. The van der Waals surface area contributed by atoms with Crippen molar-refractivity contribution in [3.8, 4) is 10.7 Å². The van der Waals surface area contributed by atoms with E-state index in [0.717, 1.165) is 74.1 Å². The van der Waals surface area contributed by atoms with Crippen LogP contribution in [0.3, 0.4) is 0 Å². The first-order chi connectivity index (χ1) is 13.7. The molecular weight excluding hydrogens is 370 g/mol. The zero-order chi connectivity index (χ0) is 19.0. The number of aromatic nitrogens is 2. The van der Waals surface area contributed by atoms with E-state index in [2.05, 4.69) is 15.5 Å². The van der Waals surface area contributed by atoms with Crippen LogP contribution in [-0.2, 0) is 11.2 Å². The van der Waals surface area contributed by atoms with Crippen molar-refractivity contribution >= 4 is 17.2 Å². The van der Waals surface area contributed by atoms with E-state index in [4.69, 9.17) is 4.52 Å². The predicted octanol–water partition coefficient (Wildman–Crippen LogP) is 4.84. The Balaban J connectivity index is 1.02. The van der Waals surface area contributed by atoms with Crippen LogP contribution in [-0.4, -0.2) is 22.6 Å². The monoisotopic (exact) mass is 399 g/mol. The molecule has 4 aliphatic rings. The van der Waals surface area contributed by atoms with Crippen LogP contribution in [0.5, 0.6) is 0 Å². The maximum absolute atomic E-state index is 12.9. The fourth-order valence-corrected chi connectivity index (χ4v) is 6.87. The molecule has 4 saturated carbocycles. The van der Waals surface area contributed by atoms with Gasteiger partial charge in [0, 0.05) is 18.4 Å². The van der Waals surface area contributed by atoms with Gasteiger partial charge in [-0.15, -0.1) is 11.3 Å². The van der Waals surface area contributed by atoms with Gasteiger partial charge >= 0.3 is 0 Å². The molecule has 0 atom stereocenters. The molecule has 2 heterocycles. The highest BCUT2D eigenvalue weighted by Crippen LogP contribution is 2.60. The van der Waals surface area contributed by atoms with Crippen molar-refractivity contribution in [1.82, 2.24) is 15.5 Å². The van der Waals surface area contributed by atoms with Crippen LogP contribution >= 0.6 is 11.3 Å². The molecule has 4 fully saturated rings. The van der Waals surface area contributed by atoms with Crippen LogP contribution in [0.4, 0.5) is 0 Å². The van der Waals surface area contributed by atoms with E-state index in [-0.39, 0.29) is 5.41 Å². The average molecular weight is 400 g/mol. The Bertz CT molecular complexity index is 778. The Labute approximate surface area is 170 Å². The first-order valence-corrected chi connectivity index (χ1v) is 11.7. The molecule has 0 aliphatic heterocycles. The van der Waals surface area contributed by atoms with Gasteiger partial charge in [0.25, 0.3) is 0 Å². The quantitative estimate of drug-likeness (QED) is 0.645. The largest absolute Gasteiger partial charge is 0.356 e. The Morgan fingerprint density at radius 2 is 1.89 bits per heavy atom. The molecule has 28 heavy (non-hydrogen) atoms. The number of aryl methyl sites for hydroxylation is 1. The molecule has 4 aliphatic carbocycles. The van der Waals surface area contributed by atoms with Gasteiger partial charge in [-0.2, -0.15) is 4.98 Å². The standard InChI is InChI=1S/C22H29N3O2S/c26-21(22-12-15-9-16(13-22)11-17(10-15)14-22)23-7-3-1-2-6-19-24-20(25-27-19)18-5-4-8-28-18/h4-5,8,15-17H,1-3,6-7,9-14H2,(H,23,26). The lowest BCUT2D eigenvalue weighted by Crippen LogP contribution is -2.53. The Morgan fingerprint density at radius 1 is 1.14 bits per heavy atom. The summed E-state index contributed by atoms with van der Waals surface area (Å²) in [4.78, 5) is 18.4. The zero-order valence-corrected chi connectivity index (χ0v) is 17.2. The van der Waals surface area contributed by atoms with Gasteiger partial charge < -0.3 is 9.84 Å². The first kappa shape index (κ1) is 18.3. The Morgan fingerprint density at radius 3 is 2.57 bits per heavy atom. The third-order valence-electron chi connectivity index (χ3n) is 7.08. The number of hydrogen-bond acceptors (Lipinski definition) is 5. The van der Waals surface area contributed by atoms with Crippen molar-refractivity contribution in [3.63, 3.8) is 0 Å². The third-order valence-corrected chi connectivity index (χ3v) is 7.95. The average Bonchev–Trinajstić information content (AvgIpc) is 3.34. The van der Waals surface area contributed by atoms with Gasteiger partial charge in [-0.3, -0.25) is 4.79 Å². The van der Waals surface area contributed by atoms with Crippen molar-refractivity contribution in [2.45, 2.75) is 64.2 Å². The van der Waals surface area contributed by atoms with Gasteiger partial charge in [0.1, 0.15) is 0 Å². The topological polar surface area (TPSA) is 68.0 Å². The molecular formula is C22H29N3O2S. The van der Waals surface area contributed by atoms with Crippen LogP contribution in [0.2, 0.25) is 0 Å². The van der Waals surface area contributed by atoms with Crippen molar-refractivity contribution in [2.75, 3.05) is 6.54 Å². The summed E-state index contributed by atoms with van der Waals surface area (Å²) in [7, 11) is 0. The van der Waals surface area contributed by atoms with Crippen LogP contribution in [0, 0.1) is 23.2 Å². The lowest BCUT2D eigenvalue weighted by Gasteiger charge is -2.55. The van der Waals surface area contributed by atoms with Crippen molar-refractivity contribution in [3.05, 3.63) is 23.4 Å². The maximum atomic E-state index is 12.9. The zero-order valence-electron chi connectivity index (χ0n) is 16.4. The lowest BCUT2D eigenvalue weighted by atomic mass is 9.49. The van der Waals surface area contributed by atoms with E-state index in [0.29, 0.717) is 17.6 Å². The number of thiophene rings is 1. The summed E-state index contributed by atoms with van der Waals surface area (Å²) in [6.07, 6.45) is 11.5. The maximum Gasteiger partial charge on any atom is 0.226 e. The molecule has 0 unspecified atom stereocenters. The van der Waals surface area contributed by atoms with Gasteiger partial charge in [0.15, 0.2) is 0 Å². The highest BCUT2D eigenvalue weighted by Gasteiger charge is 2.54. The molecule has 2 aromatic heterocycles. The highest BCUT2D eigenvalue weighted by molar-refractivity contribution is 7.13. The molecule has 5 nitrogen and oxygen atoms in total. The second-order valence-corrected chi connectivity index (χ2v) is 10.2. The molecule has 1 amide bonds. The molecule has 0 aromatic carbocycles. The fraction of sp³-hybridized carbons (Fsp3) is 0.682. The van der Waals surface area contributed by atoms with Crippen LogP contribution < -0.4 is 5.32 Å². The summed E-state index contributed by atoms with van der Waals surface area (Å²) in [6.45, 7) is 0.796. The molecule has 4 bridgehead atoms. The number of rotatable bonds is 8. The Hall–Kier alpha value is -1.69. The number of nitrogens with zero attached hydrogens (tertiary/aromatic N) is 2. The van der Waals surface area contributed by atoms with E-state index < -0.39 is 0 Å². The predicted molar refractivity (Wildman–Crippen MR) is 109 cm³/mol. The van der Waals surface area contributed by atoms with Crippen LogP contribution in [0.15, 0.2) is 22.0 Å². The van der Waals surface area contributed by atoms with Gasteiger partial charge in [-0.05, 0) is 80.6 Å². The minimum atomic E-state index is -0.0172. The summed E-state index contributed by atoms with van der Waals surface area (Å²) in [5, 5.41) is 9.34. The van der Waals surface area contributed by atoms with Crippen molar-refractivity contribution < 1.29 is 9.32 Å². The van der Waals surface area contributed by atoms with Gasteiger partial charge in [0.2, 0.25) is 17.6 Å². The Kier molecular flexibility index (Phi) is 4.99. The number of unbranched alkanes of at least 4 members (excludes halogenated alkanes) is 2. The third kappa shape index (κ3) is 3.63. The minimum Gasteiger partial charge on any atom is -0.356 e.